The summed E-state index contributed by atoms with van der Waals surface area (Å²) in [4.78, 5) is 12.8. The highest BCUT2D eigenvalue weighted by Gasteiger charge is 2.74. The Hall–Kier alpha value is -0.410. The molecule has 5 fully saturated rings. The number of ketones is 1. The molecule has 5 saturated carbocycles. The van der Waals surface area contributed by atoms with Crippen molar-refractivity contribution in [2.24, 2.45) is 56.2 Å². The Balaban J connectivity index is 1.62. The summed E-state index contributed by atoms with van der Waals surface area (Å²) in [5.74, 6) is 1.60. The number of aliphatic hydroxyl groups excluding tert-OH is 2. The van der Waals surface area contributed by atoms with Crippen molar-refractivity contribution in [3.8, 4) is 0 Å². The van der Waals surface area contributed by atoms with E-state index in [-0.39, 0.29) is 40.1 Å². The van der Waals surface area contributed by atoms with Gasteiger partial charge in [-0.3, -0.25) is 4.79 Å². The van der Waals surface area contributed by atoms with Crippen LogP contribution in [0.5, 0.6) is 0 Å². The van der Waals surface area contributed by atoms with Crippen LogP contribution in [0.3, 0.4) is 0 Å². The normalized spacial score (nSPS) is 58.0. The van der Waals surface area contributed by atoms with Gasteiger partial charge in [-0.1, -0.05) is 48.5 Å². The van der Waals surface area contributed by atoms with E-state index in [9.17, 15) is 15.0 Å². The molecule has 188 valence electrons. The first kappa shape index (κ1) is 24.3. The van der Waals surface area contributed by atoms with Crippen molar-refractivity contribution in [3.63, 3.8) is 0 Å². The molecule has 3 nitrogen and oxygen atoms in total. The molecule has 0 aromatic heterocycles. The van der Waals surface area contributed by atoms with E-state index in [0.717, 1.165) is 32.1 Å². The van der Waals surface area contributed by atoms with Gasteiger partial charge >= 0.3 is 0 Å². The van der Waals surface area contributed by atoms with Crippen LogP contribution in [0.4, 0.5) is 0 Å². The predicted molar refractivity (Wildman–Crippen MR) is 133 cm³/mol. The molecule has 33 heavy (non-hydrogen) atoms. The fourth-order valence-corrected chi connectivity index (χ4v) is 11.4. The average molecular weight is 459 g/mol. The molecule has 0 bridgehead atoms. The molecule has 0 radical (unpaired) electrons. The Bertz CT molecular complexity index is 834. The number of fused-ring (bicyclic) bond motifs is 7. The smallest absolute Gasteiger partial charge is 0.136 e. The molecule has 2 N–H and O–H groups in total. The number of hydrogen-bond acceptors (Lipinski definition) is 3. The zero-order valence-electron chi connectivity index (χ0n) is 22.5. The van der Waals surface area contributed by atoms with Gasteiger partial charge in [0.1, 0.15) is 5.78 Å². The van der Waals surface area contributed by atoms with Gasteiger partial charge in [0.25, 0.3) is 0 Å². The minimum absolute atomic E-state index is 0.0124. The number of aliphatic hydroxyl groups is 2. The number of hydrogen-bond donors (Lipinski definition) is 2. The molecule has 0 aliphatic heterocycles. The lowest BCUT2D eigenvalue weighted by molar-refractivity contribution is -0.296. The van der Waals surface area contributed by atoms with Crippen molar-refractivity contribution < 1.29 is 15.0 Å². The Morgan fingerprint density at radius 2 is 1.52 bits per heavy atom. The standard InChI is InChI=1S/C30H50O3/c1-19-20(32)8-9-22-27(5)13-14-29(7)23-17-25(2,3)10-11-26(23,4)12-15-30(29,18-31)24(27)21(33)16-28(19,22)6/h19,21-24,31,33H,8-18H2,1-7H3/t19-,21+,22-,23+,24+,26+,27-,28+,29-,30-/m0/s1. The van der Waals surface area contributed by atoms with Crippen LogP contribution >= 0.6 is 0 Å². The molecule has 0 amide bonds. The predicted octanol–water partition coefficient (Wildman–Crippen LogP) is 6.40. The maximum Gasteiger partial charge on any atom is 0.136 e. The van der Waals surface area contributed by atoms with Crippen LogP contribution in [-0.2, 0) is 4.79 Å². The monoisotopic (exact) mass is 458 g/mol. The minimum atomic E-state index is -0.433. The summed E-state index contributed by atoms with van der Waals surface area (Å²) in [6, 6.07) is 0. The van der Waals surface area contributed by atoms with Crippen molar-refractivity contribution in [3.05, 3.63) is 0 Å². The largest absolute Gasteiger partial charge is 0.396 e. The van der Waals surface area contributed by atoms with Gasteiger partial charge in [0.2, 0.25) is 0 Å². The first-order chi connectivity index (χ1) is 15.2. The molecule has 5 aliphatic carbocycles. The molecular formula is C30H50O3. The van der Waals surface area contributed by atoms with Gasteiger partial charge in [0.15, 0.2) is 0 Å². The van der Waals surface area contributed by atoms with E-state index in [1.54, 1.807) is 0 Å². The number of rotatable bonds is 1. The van der Waals surface area contributed by atoms with Gasteiger partial charge in [-0.15, -0.1) is 0 Å². The molecule has 3 heteroatoms. The Labute approximate surface area is 202 Å². The van der Waals surface area contributed by atoms with Gasteiger partial charge in [-0.2, -0.15) is 0 Å². The van der Waals surface area contributed by atoms with Gasteiger partial charge in [0, 0.05) is 24.4 Å². The third kappa shape index (κ3) is 2.90. The van der Waals surface area contributed by atoms with Gasteiger partial charge < -0.3 is 10.2 Å². The lowest BCUT2D eigenvalue weighted by Crippen LogP contribution is -2.72. The zero-order valence-corrected chi connectivity index (χ0v) is 22.5. The summed E-state index contributed by atoms with van der Waals surface area (Å²) in [7, 11) is 0. The van der Waals surface area contributed by atoms with Crippen LogP contribution < -0.4 is 0 Å². The zero-order chi connectivity index (χ0) is 24.2. The maximum absolute atomic E-state index is 12.8. The summed E-state index contributed by atoms with van der Waals surface area (Å²) in [5.41, 5.74) is 0.415. The van der Waals surface area contributed by atoms with E-state index >= 15 is 0 Å². The van der Waals surface area contributed by atoms with Crippen LogP contribution in [0, 0.1) is 56.2 Å². The first-order valence-electron chi connectivity index (χ1n) is 14.0. The van der Waals surface area contributed by atoms with Crippen LogP contribution in [0.25, 0.3) is 0 Å². The Morgan fingerprint density at radius 3 is 2.18 bits per heavy atom. The molecule has 0 heterocycles. The van der Waals surface area contributed by atoms with Crippen LogP contribution in [0.15, 0.2) is 0 Å². The van der Waals surface area contributed by atoms with Gasteiger partial charge in [-0.05, 0) is 103 Å². The number of carbonyl (C=O) groups is 1. The third-order valence-corrected chi connectivity index (χ3v) is 13.6. The van der Waals surface area contributed by atoms with Crippen LogP contribution in [0.2, 0.25) is 0 Å². The van der Waals surface area contributed by atoms with E-state index in [4.69, 9.17) is 0 Å². The maximum atomic E-state index is 12.8. The minimum Gasteiger partial charge on any atom is -0.396 e. The van der Waals surface area contributed by atoms with E-state index < -0.39 is 6.10 Å². The summed E-state index contributed by atoms with van der Waals surface area (Å²) in [6.07, 6.45) is 10.3. The lowest BCUT2D eigenvalue weighted by Gasteiger charge is -2.75. The third-order valence-electron chi connectivity index (χ3n) is 13.6. The van der Waals surface area contributed by atoms with E-state index in [1.165, 1.54) is 25.7 Å². The Kier molecular flexibility index (Phi) is 5.22. The summed E-state index contributed by atoms with van der Waals surface area (Å²) in [5, 5.41) is 23.3. The van der Waals surface area contributed by atoms with Crippen molar-refractivity contribution in [2.75, 3.05) is 6.61 Å². The second-order valence-corrected chi connectivity index (χ2v) is 15.3. The van der Waals surface area contributed by atoms with E-state index in [0.29, 0.717) is 34.9 Å². The molecule has 5 rings (SSSR count). The molecule has 10 atom stereocenters. The second-order valence-electron chi connectivity index (χ2n) is 15.3. The van der Waals surface area contributed by atoms with Crippen LogP contribution in [0.1, 0.15) is 113 Å². The number of carbonyl (C=O) groups excluding carboxylic acids is 1. The van der Waals surface area contributed by atoms with Crippen molar-refractivity contribution in [2.45, 2.75) is 119 Å². The van der Waals surface area contributed by atoms with Gasteiger partial charge in [0.05, 0.1) is 6.10 Å². The average Bonchev–Trinajstić information content (AvgIpc) is 2.73. The van der Waals surface area contributed by atoms with Crippen molar-refractivity contribution in [1.82, 2.24) is 0 Å². The molecule has 0 aromatic rings. The number of Topliss-reactive ketones (excluding diaryl/α,β-unsaturated/α-hetero) is 1. The molecule has 0 spiro atoms. The van der Waals surface area contributed by atoms with Crippen LogP contribution in [-0.4, -0.2) is 28.7 Å². The first-order valence-corrected chi connectivity index (χ1v) is 14.0. The Morgan fingerprint density at radius 1 is 0.848 bits per heavy atom. The summed E-state index contributed by atoms with van der Waals surface area (Å²) >= 11 is 0. The summed E-state index contributed by atoms with van der Waals surface area (Å²) < 4.78 is 0. The lowest BCUT2D eigenvalue weighted by atomic mass is 9.29. The fraction of sp³-hybridized carbons (Fsp3) is 0.967. The summed E-state index contributed by atoms with van der Waals surface area (Å²) in [6.45, 7) is 17.0. The van der Waals surface area contributed by atoms with Crippen molar-refractivity contribution >= 4 is 5.78 Å². The molecule has 0 unspecified atom stereocenters. The van der Waals surface area contributed by atoms with Gasteiger partial charge in [-0.25, -0.2) is 0 Å². The highest BCUT2D eigenvalue weighted by molar-refractivity contribution is 5.82. The highest BCUT2D eigenvalue weighted by atomic mass is 16.3. The molecule has 0 aromatic carbocycles. The second kappa shape index (κ2) is 7.09. The fourth-order valence-electron chi connectivity index (χ4n) is 11.4. The molecule has 5 aliphatic rings. The topological polar surface area (TPSA) is 57.5 Å². The molecular weight excluding hydrogens is 408 g/mol. The highest BCUT2D eigenvalue weighted by Crippen LogP contribution is 2.78. The van der Waals surface area contributed by atoms with E-state index in [1.807, 2.05) is 0 Å². The molecule has 0 saturated heterocycles. The van der Waals surface area contributed by atoms with Crippen molar-refractivity contribution in [1.29, 1.82) is 0 Å². The quantitative estimate of drug-likeness (QED) is 0.478. The van der Waals surface area contributed by atoms with E-state index in [2.05, 4.69) is 48.5 Å². The SMILES string of the molecule is C[C@H]1C(=O)CC[C@H]2[C@]3(C)CC[C@@]4(C)[C@@H]5CC(C)(C)CC[C@]5(C)CC[C@]4(CO)[C@@H]3[C@H](O)C[C@@]21C.